The van der Waals surface area contributed by atoms with Crippen LogP contribution in [0.15, 0.2) is 60.7 Å². The minimum Gasteiger partial charge on any atom is -1.00 e. The van der Waals surface area contributed by atoms with E-state index < -0.39 is 39.4 Å². The largest absolute Gasteiger partial charge is 1.00 e. The predicted octanol–water partition coefficient (Wildman–Crippen LogP) is 9.65. The normalized spacial score (nSPS) is 31.5. The molecule has 0 saturated heterocycles. The molecule has 10 rings (SSSR count). The van der Waals surface area contributed by atoms with Crippen LogP contribution in [0, 0.1) is 51.8 Å². The molecule has 12 heteroatoms. The molecule has 0 aromatic heterocycles. The van der Waals surface area contributed by atoms with Gasteiger partial charge in [0.25, 0.3) is 0 Å². The molecule has 8 fully saturated rings. The van der Waals surface area contributed by atoms with Gasteiger partial charge in [0.1, 0.15) is 6.04 Å². The summed E-state index contributed by atoms with van der Waals surface area (Å²) >= 11 is 13.6. The zero-order valence-electron chi connectivity index (χ0n) is 47.7. The van der Waals surface area contributed by atoms with Crippen LogP contribution < -0.4 is 23.5 Å². The second-order valence-corrected chi connectivity index (χ2v) is 25.9. The Bertz CT molecular complexity index is 2010. The van der Waals surface area contributed by atoms with Gasteiger partial charge in [0.15, 0.2) is 0 Å². The Labute approximate surface area is 454 Å². The molecule has 12 atom stereocenters. The van der Waals surface area contributed by atoms with Crippen LogP contribution in [0.3, 0.4) is 0 Å². The number of carbonyl (C=O) groups excluding carboxylic acids is 3. The van der Waals surface area contributed by atoms with E-state index in [9.17, 15) is 24.6 Å². The van der Waals surface area contributed by atoms with Gasteiger partial charge in [-0.3, -0.25) is 14.4 Å². The lowest BCUT2D eigenvalue weighted by Gasteiger charge is -2.63. The molecule has 8 saturated carbocycles. The number of carbonyl (C=O) groups is 3. The summed E-state index contributed by atoms with van der Waals surface area (Å²) < 4.78 is 11.1. The van der Waals surface area contributed by atoms with Gasteiger partial charge in [-0.15, -0.1) is 23.2 Å². The Morgan fingerprint density at radius 2 is 1.06 bits per heavy atom. The second-order valence-electron chi connectivity index (χ2n) is 24.3. The first-order chi connectivity index (χ1) is 33.6. The highest BCUT2D eigenvalue weighted by atomic mass is 35.5. The van der Waals surface area contributed by atoms with Crippen molar-refractivity contribution in [2.24, 2.45) is 51.8 Å². The second kappa shape index (κ2) is 26.2. The number of benzene rings is 2. The van der Waals surface area contributed by atoms with Gasteiger partial charge in [-0.05, 0) is 160 Å². The van der Waals surface area contributed by atoms with E-state index in [1.807, 2.05) is 58.9 Å². The number of alkyl halides is 2. The molecule has 2 unspecified atom stereocenters. The number of rotatable bonds is 14. The molecular weight excluding hydrogens is 965 g/mol. The molecule has 0 radical (unpaired) electrons. The molecule has 72 heavy (non-hydrogen) atoms. The van der Waals surface area contributed by atoms with Crippen LogP contribution in [0.2, 0.25) is 0 Å². The SMILES string of the molecule is CCC(C)(C)C(=O)N[C@@H](c1ccccc1)[C@H]1C2C[C@H]3C[C@](Cl)(C2)C[C@@]1(O)C3.CCC(C)(C)C(=O)OC(=O)C(C)(C)CC.CCN(CC)CC.[2H]CC.[Cl-].[NH3+][C@@H](c1ccccc1)[C@H]1C2C[C@H]3C[C@](Cl)(C2)C[C@@]1(O)C3. The smallest absolute Gasteiger partial charge is 0.319 e. The Balaban J connectivity index is 0.000000271. The molecule has 410 valence electrons. The van der Waals surface area contributed by atoms with Crippen LogP contribution in [0.4, 0.5) is 0 Å². The minimum atomic E-state index is -0.782. The highest BCUT2D eigenvalue weighted by molar-refractivity contribution is 6.24. The standard InChI is InChI=1S/C23H32ClNO2.C17H22ClNO.C12H22O3.C6H15N.C2H6.ClH/c1-4-21(2,3)20(26)25-19(16-8-6-5-7-9-16)18-17-10-15-11-22(24,13-17)14-23(18,27)12-15;18-16-7-11-6-13(9-16)14(17(20,8-11)10-16)15(19)12-4-2-1-3-5-12;1-7-11(3,4)9(13)15-10(14)12(5,6)8-2;1-4-7(5-2)6-3;1-2;/h5-9,15,17-19,27H,4,10-14H2,1-3H3,(H,25,26);1-5,11,13-15,20H,6-10,19H2;7-8H2,1-6H3;4-6H2,1-3H3;1-2H3;1H/t15-,17?,18+,19-,22-,23-;11-,13?,14+,15-,16-,17-;;;;/m00..../s1/i;;;;1D;. The molecule has 2 aromatic rings. The van der Waals surface area contributed by atoms with Crippen molar-refractivity contribution < 1.29 is 48.8 Å². The van der Waals surface area contributed by atoms with Crippen LogP contribution in [0.5, 0.6) is 0 Å². The third-order valence-electron chi connectivity index (χ3n) is 18.0. The lowest BCUT2D eigenvalue weighted by atomic mass is 9.47. The van der Waals surface area contributed by atoms with Gasteiger partial charge < -0.3 is 43.3 Å². The summed E-state index contributed by atoms with van der Waals surface area (Å²) in [6.45, 7) is 29.4. The van der Waals surface area contributed by atoms with Crippen LogP contribution in [-0.2, 0) is 19.1 Å². The Morgan fingerprint density at radius 1 is 0.681 bits per heavy atom. The molecule has 1 amide bonds. The van der Waals surface area contributed by atoms with Gasteiger partial charge in [-0.25, -0.2) is 0 Å². The summed E-state index contributed by atoms with van der Waals surface area (Å²) in [7, 11) is 0. The first kappa shape index (κ1) is 62.3. The number of aliphatic hydroxyl groups is 2. The monoisotopic (exact) mass is 1060 g/mol. The van der Waals surface area contributed by atoms with Crippen molar-refractivity contribution in [2.75, 3.05) is 19.6 Å². The summed E-state index contributed by atoms with van der Waals surface area (Å²) in [6, 6.07) is 20.6. The zero-order chi connectivity index (χ0) is 54.1. The Morgan fingerprint density at radius 3 is 1.39 bits per heavy atom. The number of hydrogen-bond donors (Lipinski definition) is 4. The van der Waals surface area contributed by atoms with Gasteiger partial charge in [0.2, 0.25) is 5.91 Å². The maximum atomic E-state index is 13.1. The fourth-order valence-electron chi connectivity index (χ4n) is 13.2. The van der Waals surface area contributed by atoms with Crippen molar-refractivity contribution in [3.05, 3.63) is 71.8 Å². The van der Waals surface area contributed by atoms with Gasteiger partial charge in [0, 0.05) is 33.9 Å². The van der Waals surface area contributed by atoms with E-state index in [1.54, 1.807) is 34.6 Å². The van der Waals surface area contributed by atoms with Crippen molar-refractivity contribution in [3.8, 4) is 0 Å². The van der Waals surface area contributed by atoms with Crippen LogP contribution in [-0.4, -0.2) is 73.5 Å². The fourth-order valence-corrected chi connectivity index (χ4v) is 14.5. The fraction of sp³-hybridized carbons (Fsp3) is 0.750. The number of nitrogens with zero attached hydrogens (tertiary/aromatic N) is 1. The van der Waals surface area contributed by atoms with E-state index >= 15 is 0 Å². The summed E-state index contributed by atoms with van der Waals surface area (Å²) in [5.74, 6) is 1.56. The highest BCUT2D eigenvalue weighted by Gasteiger charge is 2.65. The van der Waals surface area contributed by atoms with Crippen LogP contribution in [0.1, 0.15) is 205 Å². The third kappa shape index (κ3) is 15.2. The lowest BCUT2D eigenvalue weighted by molar-refractivity contribution is -0.459. The molecule has 0 spiro atoms. The number of ether oxygens (including phenoxy) is 1. The van der Waals surface area contributed by atoms with E-state index in [0.717, 1.165) is 63.4 Å². The number of quaternary nitrogens is 1. The molecule has 0 heterocycles. The number of nitrogens with one attached hydrogen (secondary N) is 1. The van der Waals surface area contributed by atoms with Crippen molar-refractivity contribution in [3.63, 3.8) is 0 Å². The lowest BCUT2D eigenvalue weighted by Crippen LogP contribution is -3.00. The number of hydrogen-bond acceptors (Lipinski definition) is 7. The number of amides is 1. The third-order valence-corrected chi connectivity index (χ3v) is 18.9. The molecule has 8 aliphatic rings. The quantitative estimate of drug-likeness (QED) is 0.0839. The summed E-state index contributed by atoms with van der Waals surface area (Å²) in [5, 5.41) is 26.3. The predicted molar refractivity (Wildman–Crippen MR) is 292 cm³/mol. The first-order valence-corrected chi connectivity index (χ1v) is 28.2. The van der Waals surface area contributed by atoms with Crippen molar-refractivity contribution in [1.29, 1.82) is 0 Å². The summed E-state index contributed by atoms with van der Waals surface area (Å²) in [4.78, 5) is 38.3. The van der Waals surface area contributed by atoms with E-state index in [1.165, 1.54) is 31.6 Å². The number of halogens is 3. The van der Waals surface area contributed by atoms with Crippen molar-refractivity contribution in [2.45, 2.75) is 213 Å². The first-order valence-electron chi connectivity index (χ1n) is 28.1. The van der Waals surface area contributed by atoms with E-state index in [0.29, 0.717) is 49.8 Å². The van der Waals surface area contributed by atoms with E-state index in [2.05, 4.69) is 73.1 Å². The van der Waals surface area contributed by atoms with Gasteiger partial charge in [-0.1, -0.05) is 130 Å². The molecule has 0 aliphatic heterocycles. The van der Waals surface area contributed by atoms with Gasteiger partial charge in [0.05, 0.1) is 28.1 Å². The molecular formula is C60H98Cl3N3O6. The average molecular weight is 1060 g/mol. The summed E-state index contributed by atoms with van der Waals surface area (Å²) in [6.07, 6.45) is 11.8. The van der Waals surface area contributed by atoms with E-state index in [4.69, 9.17) is 29.3 Å². The molecule has 9 nitrogen and oxygen atoms in total. The Kier molecular flexibility index (Phi) is 22.7. The maximum absolute atomic E-state index is 13.1. The number of esters is 2. The van der Waals surface area contributed by atoms with Crippen molar-refractivity contribution in [1.82, 2.24) is 10.2 Å². The van der Waals surface area contributed by atoms with Gasteiger partial charge >= 0.3 is 11.9 Å². The Hall–Kier alpha value is -2.24. The molecule has 8 bridgehead atoms. The average Bonchev–Trinajstić information content (AvgIpc) is 3.31. The molecule has 8 aliphatic carbocycles. The van der Waals surface area contributed by atoms with Crippen LogP contribution >= 0.6 is 23.2 Å². The topological polar surface area (TPSA) is 144 Å². The zero-order valence-corrected chi connectivity index (χ0v) is 49.0. The van der Waals surface area contributed by atoms with Crippen molar-refractivity contribution >= 4 is 41.0 Å². The van der Waals surface area contributed by atoms with E-state index in [-0.39, 0.29) is 52.0 Å². The highest BCUT2D eigenvalue weighted by Crippen LogP contribution is 2.66. The van der Waals surface area contributed by atoms with Crippen LogP contribution in [0.25, 0.3) is 0 Å². The summed E-state index contributed by atoms with van der Waals surface area (Å²) in [5.41, 5.74) is 3.80. The molecule has 2 aromatic carbocycles. The minimum absolute atomic E-state index is 0. The van der Waals surface area contributed by atoms with Gasteiger partial charge in [-0.2, -0.15) is 0 Å². The molecule has 6 N–H and O–H groups in total. The maximum Gasteiger partial charge on any atom is 0.319 e.